The molecule has 1 aliphatic carbocycles. The average Bonchev–Trinajstić information content (AvgIpc) is 2.36. The second kappa shape index (κ2) is 9.30. The SMILES string of the molecule is COCCOCCNC(=O)CC1CCCCC1N. The summed E-state index contributed by atoms with van der Waals surface area (Å²) >= 11 is 0. The first-order valence-electron chi connectivity index (χ1n) is 6.83. The van der Waals surface area contributed by atoms with Crippen molar-refractivity contribution in [2.24, 2.45) is 11.7 Å². The third-order valence-corrected chi connectivity index (χ3v) is 3.42. The van der Waals surface area contributed by atoms with Crippen LogP contribution >= 0.6 is 0 Å². The van der Waals surface area contributed by atoms with Crippen molar-refractivity contribution in [3.63, 3.8) is 0 Å². The molecule has 3 N–H and O–H groups in total. The zero-order valence-electron chi connectivity index (χ0n) is 11.3. The molecule has 5 nitrogen and oxygen atoms in total. The van der Waals surface area contributed by atoms with Crippen LogP contribution in [0.5, 0.6) is 0 Å². The van der Waals surface area contributed by atoms with Gasteiger partial charge in [-0.15, -0.1) is 0 Å². The molecule has 2 atom stereocenters. The first kappa shape index (κ1) is 15.4. The van der Waals surface area contributed by atoms with Gasteiger partial charge in [0.25, 0.3) is 0 Å². The van der Waals surface area contributed by atoms with Gasteiger partial charge in [-0.25, -0.2) is 0 Å². The number of carbonyl (C=O) groups is 1. The molecule has 0 aliphatic heterocycles. The predicted molar refractivity (Wildman–Crippen MR) is 70.3 cm³/mol. The highest BCUT2D eigenvalue weighted by molar-refractivity contribution is 5.76. The number of ether oxygens (including phenoxy) is 2. The Balaban J connectivity index is 2.02. The smallest absolute Gasteiger partial charge is 0.220 e. The van der Waals surface area contributed by atoms with E-state index in [2.05, 4.69) is 5.32 Å². The van der Waals surface area contributed by atoms with Gasteiger partial charge >= 0.3 is 0 Å². The minimum absolute atomic E-state index is 0.0905. The Morgan fingerprint density at radius 2 is 2.06 bits per heavy atom. The summed E-state index contributed by atoms with van der Waals surface area (Å²) in [7, 11) is 1.64. The standard InChI is InChI=1S/C13H26N2O3/c1-17-8-9-18-7-6-15-13(16)10-11-4-2-3-5-12(11)14/h11-12H,2-10,14H2,1H3,(H,15,16). The number of hydrogen-bond donors (Lipinski definition) is 2. The fraction of sp³-hybridized carbons (Fsp3) is 0.923. The van der Waals surface area contributed by atoms with Crippen LogP contribution < -0.4 is 11.1 Å². The number of carbonyl (C=O) groups excluding carboxylic acids is 1. The summed E-state index contributed by atoms with van der Waals surface area (Å²) in [5, 5.41) is 2.87. The maximum absolute atomic E-state index is 11.7. The number of hydrogen-bond acceptors (Lipinski definition) is 4. The molecule has 106 valence electrons. The maximum atomic E-state index is 11.7. The highest BCUT2D eigenvalue weighted by Crippen LogP contribution is 2.25. The number of methoxy groups -OCH3 is 1. The first-order valence-corrected chi connectivity index (χ1v) is 6.83. The minimum atomic E-state index is 0.0905. The second-order valence-corrected chi connectivity index (χ2v) is 4.87. The Morgan fingerprint density at radius 3 is 2.78 bits per heavy atom. The summed E-state index contributed by atoms with van der Waals surface area (Å²) in [5.41, 5.74) is 6.02. The van der Waals surface area contributed by atoms with Gasteiger partial charge in [-0.3, -0.25) is 4.79 Å². The van der Waals surface area contributed by atoms with Gasteiger partial charge in [0.05, 0.1) is 19.8 Å². The highest BCUT2D eigenvalue weighted by atomic mass is 16.5. The van der Waals surface area contributed by atoms with Gasteiger partial charge in [0.15, 0.2) is 0 Å². The molecule has 1 amide bonds. The largest absolute Gasteiger partial charge is 0.382 e. The van der Waals surface area contributed by atoms with Crippen LogP contribution in [0.1, 0.15) is 32.1 Å². The molecule has 18 heavy (non-hydrogen) atoms. The fourth-order valence-electron chi connectivity index (χ4n) is 2.31. The average molecular weight is 258 g/mol. The minimum Gasteiger partial charge on any atom is -0.382 e. The lowest BCUT2D eigenvalue weighted by Gasteiger charge is -2.27. The van der Waals surface area contributed by atoms with Gasteiger partial charge in [0, 0.05) is 26.1 Å². The molecule has 0 aromatic rings. The van der Waals surface area contributed by atoms with Crippen molar-refractivity contribution in [1.82, 2.24) is 5.32 Å². The molecular formula is C13H26N2O3. The summed E-state index contributed by atoms with van der Waals surface area (Å²) < 4.78 is 10.1. The van der Waals surface area contributed by atoms with Gasteiger partial charge in [0.1, 0.15) is 0 Å². The van der Waals surface area contributed by atoms with Crippen LogP contribution in [-0.2, 0) is 14.3 Å². The van der Waals surface area contributed by atoms with Crippen LogP contribution in [-0.4, -0.2) is 45.4 Å². The quantitative estimate of drug-likeness (QED) is 0.628. The number of rotatable bonds is 8. The molecule has 1 fully saturated rings. The lowest BCUT2D eigenvalue weighted by atomic mass is 9.83. The molecule has 1 saturated carbocycles. The lowest BCUT2D eigenvalue weighted by molar-refractivity contribution is -0.122. The zero-order chi connectivity index (χ0) is 13.2. The van der Waals surface area contributed by atoms with E-state index in [0.29, 0.717) is 38.7 Å². The van der Waals surface area contributed by atoms with Crippen LogP contribution in [0.15, 0.2) is 0 Å². The third kappa shape index (κ3) is 6.33. The number of nitrogens with one attached hydrogen (secondary N) is 1. The Labute approximate surface area is 109 Å². The highest BCUT2D eigenvalue weighted by Gasteiger charge is 2.23. The zero-order valence-corrected chi connectivity index (χ0v) is 11.3. The van der Waals surface area contributed by atoms with E-state index in [-0.39, 0.29) is 11.9 Å². The Bertz CT molecular complexity index is 236. The summed E-state index contributed by atoms with van der Waals surface area (Å²) in [5.74, 6) is 0.445. The maximum Gasteiger partial charge on any atom is 0.220 e. The molecule has 2 unspecified atom stereocenters. The van der Waals surface area contributed by atoms with E-state index < -0.39 is 0 Å². The molecule has 0 bridgehead atoms. The molecule has 0 aromatic heterocycles. The monoisotopic (exact) mass is 258 g/mol. The van der Waals surface area contributed by atoms with E-state index in [1.807, 2.05) is 0 Å². The molecule has 0 saturated heterocycles. The van der Waals surface area contributed by atoms with Crippen molar-refractivity contribution < 1.29 is 14.3 Å². The van der Waals surface area contributed by atoms with Gasteiger partial charge in [-0.1, -0.05) is 12.8 Å². The summed E-state index contributed by atoms with van der Waals surface area (Å²) in [6.45, 7) is 2.25. The molecule has 0 radical (unpaired) electrons. The van der Waals surface area contributed by atoms with E-state index in [9.17, 15) is 4.79 Å². The second-order valence-electron chi connectivity index (χ2n) is 4.87. The van der Waals surface area contributed by atoms with Gasteiger partial charge < -0.3 is 20.5 Å². The van der Waals surface area contributed by atoms with Crippen LogP contribution in [0.2, 0.25) is 0 Å². The van der Waals surface area contributed by atoms with Crippen LogP contribution in [0.3, 0.4) is 0 Å². The molecule has 1 aliphatic rings. The van der Waals surface area contributed by atoms with Crippen molar-refractivity contribution >= 4 is 5.91 Å². The Hall–Kier alpha value is -0.650. The van der Waals surface area contributed by atoms with Crippen molar-refractivity contribution in [3.05, 3.63) is 0 Å². The Kier molecular flexibility index (Phi) is 7.96. The van der Waals surface area contributed by atoms with Crippen molar-refractivity contribution in [3.8, 4) is 0 Å². The molecule has 0 spiro atoms. The van der Waals surface area contributed by atoms with E-state index in [0.717, 1.165) is 12.8 Å². The van der Waals surface area contributed by atoms with E-state index in [4.69, 9.17) is 15.2 Å². The summed E-state index contributed by atoms with van der Waals surface area (Å²) in [6, 6.07) is 0.197. The first-order chi connectivity index (χ1) is 8.74. The van der Waals surface area contributed by atoms with E-state index >= 15 is 0 Å². The topological polar surface area (TPSA) is 73.6 Å². The predicted octanol–water partition coefficient (Wildman–Crippen LogP) is 0.673. The number of nitrogens with two attached hydrogens (primary N) is 1. The van der Waals surface area contributed by atoms with Crippen LogP contribution in [0, 0.1) is 5.92 Å². The van der Waals surface area contributed by atoms with Gasteiger partial charge in [0.2, 0.25) is 5.91 Å². The third-order valence-electron chi connectivity index (χ3n) is 3.42. The molecule has 0 aromatic carbocycles. The lowest BCUT2D eigenvalue weighted by Crippen LogP contribution is -2.37. The van der Waals surface area contributed by atoms with Gasteiger partial charge in [-0.05, 0) is 18.8 Å². The van der Waals surface area contributed by atoms with Crippen molar-refractivity contribution in [1.29, 1.82) is 0 Å². The summed E-state index contributed by atoms with van der Waals surface area (Å²) in [4.78, 5) is 11.7. The molecule has 0 heterocycles. The van der Waals surface area contributed by atoms with Gasteiger partial charge in [-0.2, -0.15) is 0 Å². The van der Waals surface area contributed by atoms with E-state index in [1.165, 1.54) is 12.8 Å². The normalized spacial score (nSPS) is 23.9. The molecular weight excluding hydrogens is 232 g/mol. The van der Waals surface area contributed by atoms with Crippen LogP contribution in [0.25, 0.3) is 0 Å². The van der Waals surface area contributed by atoms with E-state index in [1.54, 1.807) is 7.11 Å². The van der Waals surface area contributed by atoms with Crippen molar-refractivity contribution in [2.75, 3.05) is 33.5 Å². The molecule has 1 rings (SSSR count). The van der Waals surface area contributed by atoms with Crippen molar-refractivity contribution in [2.45, 2.75) is 38.1 Å². The van der Waals surface area contributed by atoms with Crippen LogP contribution in [0.4, 0.5) is 0 Å². The fourth-order valence-corrected chi connectivity index (χ4v) is 2.31. The Morgan fingerprint density at radius 1 is 1.28 bits per heavy atom. The molecule has 5 heteroatoms. The summed E-state index contributed by atoms with van der Waals surface area (Å²) in [6.07, 6.45) is 5.09. The number of amides is 1.